The number of rotatable bonds is 4. The van der Waals surface area contributed by atoms with Gasteiger partial charge in [0.05, 0.1) is 12.6 Å². The zero-order valence-electron chi connectivity index (χ0n) is 13.1. The molecule has 2 rings (SSSR count). The quantitative estimate of drug-likeness (QED) is 0.805. The minimum Gasteiger partial charge on any atom is -0.354 e. The molecule has 2 heterocycles. The molecule has 0 bridgehead atoms. The molecule has 0 aromatic carbocycles. The highest BCUT2D eigenvalue weighted by Gasteiger charge is 2.42. The van der Waals surface area contributed by atoms with E-state index in [1.807, 2.05) is 0 Å². The first-order valence-corrected chi connectivity index (χ1v) is 7.50. The van der Waals surface area contributed by atoms with Crippen LogP contribution in [-0.2, 0) is 4.79 Å². The van der Waals surface area contributed by atoms with Gasteiger partial charge in [-0.25, -0.2) is 8.78 Å². The summed E-state index contributed by atoms with van der Waals surface area (Å²) in [7, 11) is 0. The molecule has 1 amide bonds. The minimum absolute atomic E-state index is 0. The lowest BCUT2D eigenvalue weighted by molar-refractivity contribution is -0.123. The summed E-state index contributed by atoms with van der Waals surface area (Å²) in [5, 5.41) is 5.42. The van der Waals surface area contributed by atoms with E-state index >= 15 is 0 Å². The van der Waals surface area contributed by atoms with E-state index in [1.165, 1.54) is 0 Å². The monoisotopic (exact) mass is 361 g/mol. The van der Waals surface area contributed by atoms with Crippen molar-refractivity contribution in [2.75, 3.05) is 26.2 Å². The fraction of sp³-hybridized carbons (Fsp3) is 0.929. The van der Waals surface area contributed by atoms with Gasteiger partial charge in [0, 0.05) is 25.6 Å². The Balaban J connectivity index is 0.00000220. The lowest BCUT2D eigenvalue weighted by Crippen LogP contribution is -2.46. The fourth-order valence-corrected chi connectivity index (χ4v) is 3.00. The molecular formula is C14H27Cl2F2N3O. The van der Waals surface area contributed by atoms with Crippen molar-refractivity contribution >= 4 is 30.7 Å². The first kappa shape index (κ1) is 21.8. The number of nitrogens with one attached hydrogen (secondary N) is 2. The van der Waals surface area contributed by atoms with Gasteiger partial charge in [-0.15, -0.1) is 24.8 Å². The maximum atomic E-state index is 13.0. The molecule has 0 aliphatic carbocycles. The van der Waals surface area contributed by atoms with Crippen LogP contribution in [0.15, 0.2) is 0 Å². The molecule has 2 unspecified atom stereocenters. The number of hydrogen-bond donors (Lipinski definition) is 2. The van der Waals surface area contributed by atoms with Crippen molar-refractivity contribution in [3.8, 4) is 0 Å². The first-order valence-electron chi connectivity index (χ1n) is 7.50. The second-order valence-electron chi connectivity index (χ2n) is 6.34. The van der Waals surface area contributed by atoms with E-state index in [2.05, 4.69) is 29.4 Å². The number of carbonyl (C=O) groups is 1. The van der Waals surface area contributed by atoms with Crippen LogP contribution < -0.4 is 10.6 Å². The Morgan fingerprint density at radius 3 is 2.64 bits per heavy atom. The molecular weight excluding hydrogens is 335 g/mol. The summed E-state index contributed by atoms with van der Waals surface area (Å²) in [6.07, 6.45) is 1.85. The number of halogens is 4. The van der Waals surface area contributed by atoms with Crippen LogP contribution in [0, 0.1) is 5.92 Å². The molecule has 0 aromatic rings. The first-order chi connectivity index (χ1) is 9.37. The third-order valence-electron chi connectivity index (χ3n) is 4.27. The highest BCUT2D eigenvalue weighted by Crippen LogP contribution is 2.25. The fourth-order valence-electron chi connectivity index (χ4n) is 3.00. The third kappa shape index (κ3) is 6.14. The van der Waals surface area contributed by atoms with Crippen LogP contribution in [0.5, 0.6) is 0 Å². The zero-order chi connectivity index (χ0) is 14.8. The van der Waals surface area contributed by atoms with Crippen LogP contribution in [0.1, 0.15) is 33.1 Å². The van der Waals surface area contributed by atoms with E-state index in [0.717, 1.165) is 25.9 Å². The number of alkyl halides is 2. The summed E-state index contributed by atoms with van der Waals surface area (Å²) < 4.78 is 26.1. The second kappa shape index (κ2) is 9.21. The number of amides is 1. The molecule has 4 nitrogen and oxygen atoms in total. The topological polar surface area (TPSA) is 44.4 Å². The molecule has 0 spiro atoms. The summed E-state index contributed by atoms with van der Waals surface area (Å²) in [5.74, 6) is -2.61. The van der Waals surface area contributed by atoms with Crippen LogP contribution in [-0.4, -0.2) is 55.0 Å². The maximum Gasteiger partial charge on any atom is 0.262 e. The van der Waals surface area contributed by atoms with Crippen molar-refractivity contribution in [2.45, 2.75) is 51.1 Å². The number of nitrogens with zero attached hydrogens (tertiary/aromatic N) is 1. The van der Waals surface area contributed by atoms with E-state index in [1.54, 1.807) is 0 Å². The van der Waals surface area contributed by atoms with Gasteiger partial charge in [0.2, 0.25) is 5.91 Å². The molecule has 0 radical (unpaired) electrons. The normalized spacial score (nSPS) is 27.9. The summed E-state index contributed by atoms with van der Waals surface area (Å²) in [6, 6.07) is -0.224. The van der Waals surface area contributed by atoms with Crippen molar-refractivity contribution in [1.82, 2.24) is 15.5 Å². The minimum atomic E-state index is -2.75. The molecule has 2 fully saturated rings. The number of carbonyl (C=O) groups excluding carboxylic acids is 1. The molecule has 2 atom stereocenters. The van der Waals surface area contributed by atoms with Crippen molar-refractivity contribution in [1.29, 1.82) is 0 Å². The standard InChI is InChI=1S/C14H25F2N3O.2ClH/c1-10(2)19-5-3-4-11(8-19)7-17-13(20)12-6-14(15,16)9-18-12;;/h10-12,18H,3-9H2,1-2H3,(H,17,20);2*1H. The van der Waals surface area contributed by atoms with Crippen LogP contribution in [0.2, 0.25) is 0 Å². The highest BCUT2D eigenvalue weighted by molar-refractivity contribution is 5.85. The van der Waals surface area contributed by atoms with Gasteiger partial charge in [-0.2, -0.15) is 0 Å². The summed E-state index contributed by atoms with van der Waals surface area (Å²) in [4.78, 5) is 14.3. The van der Waals surface area contributed by atoms with Crippen molar-refractivity contribution in [2.24, 2.45) is 5.92 Å². The summed E-state index contributed by atoms with van der Waals surface area (Å²) in [5.41, 5.74) is 0. The predicted molar refractivity (Wildman–Crippen MR) is 88.3 cm³/mol. The number of piperidine rings is 1. The Hall–Kier alpha value is -0.170. The van der Waals surface area contributed by atoms with Gasteiger partial charge < -0.3 is 10.2 Å². The van der Waals surface area contributed by atoms with Gasteiger partial charge >= 0.3 is 0 Å². The van der Waals surface area contributed by atoms with Crippen molar-refractivity contribution in [3.05, 3.63) is 0 Å². The lowest BCUT2D eigenvalue weighted by atomic mass is 9.97. The van der Waals surface area contributed by atoms with E-state index in [0.29, 0.717) is 18.5 Å². The average molecular weight is 362 g/mol. The Labute approximate surface area is 143 Å². The summed E-state index contributed by atoms with van der Waals surface area (Å²) >= 11 is 0. The highest BCUT2D eigenvalue weighted by atomic mass is 35.5. The van der Waals surface area contributed by atoms with Gasteiger partial charge in [0.15, 0.2) is 0 Å². The van der Waals surface area contributed by atoms with Crippen LogP contribution >= 0.6 is 24.8 Å². The van der Waals surface area contributed by atoms with Gasteiger partial charge in [-0.1, -0.05) is 0 Å². The maximum absolute atomic E-state index is 13.0. The lowest BCUT2D eigenvalue weighted by Gasteiger charge is -2.35. The molecule has 0 aromatic heterocycles. The van der Waals surface area contributed by atoms with Crippen LogP contribution in [0.3, 0.4) is 0 Å². The molecule has 22 heavy (non-hydrogen) atoms. The van der Waals surface area contributed by atoms with Gasteiger partial charge in [0.25, 0.3) is 5.92 Å². The summed E-state index contributed by atoms with van der Waals surface area (Å²) in [6.45, 7) is 6.63. The molecule has 0 saturated carbocycles. The van der Waals surface area contributed by atoms with Crippen LogP contribution in [0.25, 0.3) is 0 Å². The third-order valence-corrected chi connectivity index (χ3v) is 4.27. The van der Waals surface area contributed by atoms with Gasteiger partial charge in [-0.3, -0.25) is 10.1 Å². The largest absolute Gasteiger partial charge is 0.354 e. The molecule has 8 heteroatoms. The van der Waals surface area contributed by atoms with E-state index in [4.69, 9.17) is 0 Å². The molecule has 2 saturated heterocycles. The molecule has 2 N–H and O–H groups in total. The van der Waals surface area contributed by atoms with Crippen molar-refractivity contribution < 1.29 is 13.6 Å². The predicted octanol–water partition coefficient (Wildman–Crippen LogP) is 2.06. The molecule has 2 aliphatic rings. The second-order valence-corrected chi connectivity index (χ2v) is 6.34. The van der Waals surface area contributed by atoms with Crippen molar-refractivity contribution in [3.63, 3.8) is 0 Å². The Kier molecular flexibility index (Phi) is 9.13. The van der Waals surface area contributed by atoms with E-state index < -0.39 is 18.5 Å². The zero-order valence-corrected chi connectivity index (χ0v) is 14.7. The van der Waals surface area contributed by atoms with E-state index in [-0.39, 0.29) is 37.1 Å². The number of likely N-dealkylation sites (tertiary alicyclic amines) is 1. The Morgan fingerprint density at radius 1 is 1.41 bits per heavy atom. The van der Waals surface area contributed by atoms with Crippen LogP contribution in [0.4, 0.5) is 8.78 Å². The molecule has 2 aliphatic heterocycles. The van der Waals surface area contributed by atoms with E-state index in [9.17, 15) is 13.6 Å². The smallest absolute Gasteiger partial charge is 0.262 e. The van der Waals surface area contributed by atoms with Gasteiger partial charge in [-0.05, 0) is 39.2 Å². The Bertz CT molecular complexity index is 359. The number of hydrogen-bond acceptors (Lipinski definition) is 3. The SMILES string of the molecule is CC(C)N1CCCC(CNC(=O)C2CC(F)(F)CN2)C1.Cl.Cl. The molecule has 132 valence electrons. The Morgan fingerprint density at radius 2 is 2.09 bits per heavy atom. The average Bonchev–Trinajstić information content (AvgIpc) is 2.77. The van der Waals surface area contributed by atoms with Gasteiger partial charge in [0.1, 0.15) is 0 Å².